The highest BCUT2D eigenvalue weighted by Gasteiger charge is 2.13. The average molecular weight is 392 g/mol. The van der Waals surface area contributed by atoms with E-state index in [4.69, 9.17) is 21.1 Å². The fourth-order valence-electron chi connectivity index (χ4n) is 2.42. The number of anilines is 1. The Hall–Kier alpha value is -2.87. The molecule has 1 N–H and O–H groups in total. The summed E-state index contributed by atoms with van der Waals surface area (Å²) in [6.45, 7) is 2.81. The predicted molar refractivity (Wildman–Crippen MR) is 99.5 cm³/mol. The van der Waals surface area contributed by atoms with Crippen LogP contribution in [0.1, 0.15) is 18.1 Å². The number of rotatable bonds is 8. The second-order valence-corrected chi connectivity index (χ2v) is 6.09. The van der Waals surface area contributed by atoms with Gasteiger partial charge in [-0.2, -0.15) is 0 Å². The van der Waals surface area contributed by atoms with Crippen molar-refractivity contribution in [2.45, 2.75) is 20.1 Å². The van der Waals surface area contributed by atoms with E-state index in [1.165, 1.54) is 10.7 Å². The molecule has 0 atom stereocenters. The van der Waals surface area contributed by atoms with E-state index >= 15 is 0 Å². The first-order chi connectivity index (χ1) is 13.1. The smallest absolute Gasteiger partial charge is 0.242 e. The highest BCUT2D eigenvalue weighted by molar-refractivity contribution is 6.31. The van der Waals surface area contributed by atoms with Crippen molar-refractivity contribution in [3.63, 3.8) is 0 Å². The Labute approximate surface area is 161 Å². The summed E-state index contributed by atoms with van der Waals surface area (Å²) in [5.74, 6) is 1.18. The zero-order valence-electron chi connectivity index (χ0n) is 14.9. The third kappa shape index (κ3) is 4.65. The molecule has 27 heavy (non-hydrogen) atoms. The molecule has 9 heteroatoms. The summed E-state index contributed by atoms with van der Waals surface area (Å²) in [6, 6.07) is 9.92. The largest absolute Gasteiger partial charge is 0.490 e. The second-order valence-electron chi connectivity index (χ2n) is 5.68. The zero-order valence-corrected chi connectivity index (χ0v) is 15.7. The SMILES string of the molecule is CCOc1cc(CNc2nnnn2C)c(Cl)cc1OCc1ccccc1F. The third-order valence-electron chi connectivity index (χ3n) is 3.81. The maximum absolute atomic E-state index is 13.8. The third-order valence-corrected chi connectivity index (χ3v) is 4.16. The van der Waals surface area contributed by atoms with Gasteiger partial charge >= 0.3 is 0 Å². The van der Waals surface area contributed by atoms with Gasteiger partial charge in [-0.15, -0.1) is 0 Å². The average Bonchev–Trinajstić information content (AvgIpc) is 3.06. The van der Waals surface area contributed by atoms with Gasteiger partial charge in [0.25, 0.3) is 0 Å². The summed E-state index contributed by atoms with van der Waals surface area (Å²) < 4.78 is 26.7. The molecule has 0 fully saturated rings. The highest BCUT2D eigenvalue weighted by Crippen LogP contribution is 2.34. The van der Waals surface area contributed by atoms with Crippen LogP contribution >= 0.6 is 11.6 Å². The maximum atomic E-state index is 13.8. The van der Waals surface area contributed by atoms with E-state index in [1.54, 1.807) is 37.4 Å². The van der Waals surface area contributed by atoms with E-state index in [2.05, 4.69) is 20.8 Å². The Kier molecular flexibility index (Phi) is 6.08. The van der Waals surface area contributed by atoms with Gasteiger partial charge in [-0.05, 0) is 35.0 Å². The van der Waals surface area contributed by atoms with Gasteiger partial charge in [0.2, 0.25) is 5.95 Å². The molecule has 0 radical (unpaired) electrons. The first-order valence-corrected chi connectivity index (χ1v) is 8.74. The van der Waals surface area contributed by atoms with E-state index in [-0.39, 0.29) is 12.4 Å². The van der Waals surface area contributed by atoms with Crippen LogP contribution in [-0.2, 0) is 20.2 Å². The monoisotopic (exact) mass is 391 g/mol. The minimum absolute atomic E-state index is 0.0747. The summed E-state index contributed by atoms with van der Waals surface area (Å²) in [5.41, 5.74) is 1.25. The fraction of sp³-hybridized carbons (Fsp3) is 0.278. The lowest BCUT2D eigenvalue weighted by Gasteiger charge is -2.15. The van der Waals surface area contributed by atoms with Crippen molar-refractivity contribution in [2.24, 2.45) is 7.05 Å². The summed E-state index contributed by atoms with van der Waals surface area (Å²) >= 11 is 6.39. The molecule has 1 heterocycles. The lowest BCUT2D eigenvalue weighted by Crippen LogP contribution is -2.07. The van der Waals surface area contributed by atoms with Gasteiger partial charge in [-0.25, -0.2) is 9.07 Å². The molecule has 0 aliphatic heterocycles. The number of aryl methyl sites for hydroxylation is 1. The Morgan fingerprint density at radius 1 is 1.15 bits per heavy atom. The van der Waals surface area contributed by atoms with Gasteiger partial charge in [0.05, 0.1) is 6.61 Å². The van der Waals surface area contributed by atoms with Crippen LogP contribution in [0.3, 0.4) is 0 Å². The molecule has 0 aliphatic rings. The summed E-state index contributed by atoms with van der Waals surface area (Å²) in [4.78, 5) is 0. The molecular formula is C18H19ClFN5O2. The quantitative estimate of drug-likeness (QED) is 0.632. The summed E-state index contributed by atoms with van der Waals surface area (Å²) in [6.07, 6.45) is 0. The molecule has 0 aliphatic carbocycles. The number of tetrazole rings is 1. The van der Waals surface area contributed by atoms with Crippen LogP contribution in [0.5, 0.6) is 11.5 Å². The van der Waals surface area contributed by atoms with Crippen LogP contribution in [0, 0.1) is 5.82 Å². The Morgan fingerprint density at radius 2 is 1.93 bits per heavy atom. The van der Waals surface area contributed by atoms with Crippen molar-refractivity contribution in [1.29, 1.82) is 0 Å². The maximum Gasteiger partial charge on any atom is 0.242 e. The van der Waals surface area contributed by atoms with Crippen molar-refractivity contribution < 1.29 is 13.9 Å². The zero-order chi connectivity index (χ0) is 19.2. The molecular weight excluding hydrogens is 373 g/mol. The number of nitrogens with one attached hydrogen (secondary N) is 1. The Morgan fingerprint density at radius 3 is 2.63 bits per heavy atom. The minimum atomic E-state index is -0.320. The number of benzene rings is 2. The van der Waals surface area contributed by atoms with E-state index in [1.807, 2.05) is 6.92 Å². The van der Waals surface area contributed by atoms with Crippen LogP contribution in [0.4, 0.5) is 10.3 Å². The normalized spacial score (nSPS) is 10.7. The van der Waals surface area contributed by atoms with Gasteiger partial charge in [-0.3, -0.25) is 0 Å². The van der Waals surface area contributed by atoms with Crippen molar-refractivity contribution in [2.75, 3.05) is 11.9 Å². The molecule has 3 aromatic rings. The molecule has 0 amide bonds. The van der Waals surface area contributed by atoms with Crippen LogP contribution in [0.2, 0.25) is 5.02 Å². The molecule has 0 unspecified atom stereocenters. The number of hydrogen-bond acceptors (Lipinski definition) is 6. The molecule has 1 aromatic heterocycles. The second kappa shape index (κ2) is 8.68. The Bertz CT molecular complexity index is 919. The number of aromatic nitrogens is 4. The topological polar surface area (TPSA) is 74.1 Å². The van der Waals surface area contributed by atoms with Gasteiger partial charge in [0.15, 0.2) is 11.5 Å². The molecule has 3 rings (SSSR count). The molecule has 0 saturated carbocycles. The van der Waals surface area contributed by atoms with E-state index in [0.29, 0.717) is 41.2 Å². The Balaban J connectivity index is 1.77. The summed E-state index contributed by atoms with van der Waals surface area (Å²) in [5, 5.41) is 14.8. The lowest BCUT2D eigenvalue weighted by atomic mass is 10.2. The molecule has 7 nitrogen and oxygen atoms in total. The number of halogens is 2. The van der Waals surface area contributed by atoms with Crippen molar-refractivity contribution in [1.82, 2.24) is 20.2 Å². The van der Waals surface area contributed by atoms with Crippen LogP contribution in [-0.4, -0.2) is 26.8 Å². The number of hydrogen-bond donors (Lipinski definition) is 1. The fourth-order valence-corrected chi connectivity index (χ4v) is 2.64. The van der Waals surface area contributed by atoms with E-state index < -0.39 is 0 Å². The molecule has 0 bridgehead atoms. The lowest BCUT2D eigenvalue weighted by molar-refractivity contribution is 0.265. The van der Waals surface area contributed by atoms with Crippen LogP contribution < -0.4 is 14.8 Å². The van der Waals surface area contributed by atoms with Gasteiger partial charge in [-0.1, -0.05) is 34.9 Å². The van der Waals surface area contributed by atoms with E-state index in [0.717, 1.165) is 5.56 Å². The van der Waals surface area contributed by atoms with Gasteiger partial charge < -0.3 is 14.8 Å². The van der Waals surface area contributed by atoms with Gasteiger partial charge in [0, 0.05) is 30.2 Å². The molecule has 0 saturated heterocycles. The minimum Gasteiger partial charge on any atom is -0.490 e. The van der Waals surface area contributed by atoms with Crippen LogP contribution in [0.25, 0.3) is 0 Å². The van der Waals surface area contributed by atoms with Crippen LogP contribution in [0.15, 0.2) is 36.4 Å². The molecule has 0 spiro atoms. The van der Waals surface area contributed by atoms with Gasteiger partial charge in [0.1, 0.15) is 12.4 Å². The predicted octanol–water partition coefficient (Wildman–Crippen LogP) is 3.59. The van der Waals surface area contributed by atoms with Crippen molar-refractivity contribution in [3.8, 4) is 11.5 Å². The first kappa shape index (κ1) is 18.9. The first-order valence-electron chi connectivity index (χ1n) is 8.36. The standard InChI is InChI=1S/C18H19ClFN5O2/c1-3-26-16-8-13(10-21-18-22-23-24-25(18)2)14(19)9-17(16)27-11-12-6-4-5-7-15(12)20/h4-9H,3,10-11H2,1-2H3,(H,21,22,24). The number of ether oxygens (including phenoxy) is 2. The van der Waals surface area contributed by atoms with E-state index in [9.17, 15) is 4.39 Å². The summed E-state index contributed by atoms with van der Waals surface area (Å²) in [7, 11) is 1.73. The molecule has 142 valence electrons. The number of nitrogens with zero attached hydrogens (tertiary/aromatic N) is 4. The molecule has 2 aromatic carbocycles. The van der Waals surface area contributed by atoms with Crippen molar-refractivity contribution >= 4 is 17.5 Å². The highest BCUT2D eigenvalue weighted by atomic mass is 35.5. The van der Waals surface area contributed by atoms with Crippen molar-refractivity contribution in [3.05, 3.63) is 58.4 Å².